The number of H-pyrrole nitrogens is 1. The van der Waals surface area contributed by atoms with Crippen molar-refractivity contribution in [3.63, 3.8) is 0 Å². The lowest BCUT2D eigenvalue weighted by Gasteiger charge is -2.20. The van der Waals surface area contributed by atoms with E-state index in [1.54, 1.807) is 0 Å². The molecule has 3 heterocycles. The van der Waals surface area contributed by atoms with Crippen molar-refractivity contribution < 1.29 is 0 Å². The molecule has 0 saturated carbocycles. The third kappa shape index (κ3) is 4.83. The lowest BCUT2D eigenvalue weighted by Crippen LogP contribution is -2.11. The van der Waals surface area contributed by atoms with Crippen molar-refractivity contribution in [2.45, 2.75) is 26.2 Å². The molecular formula is C45H36N4. The number of hydrogen-bond acceptors (Lipinski definition) is 2. The Bertz CT molecular complexity index is 2700. The van der Waals surface area contributed by atoms with E-state index in [1.807, 2.05) is 6.20 Å². The molecule has 49 heavy (non-hydrogen) atoms. The minimum Gasteiger partial charge on any atom is -0.354 e. The van der Waals surface area contributed by atoms with Gasteiger partial charge in [0.15, 0.2) is 0 Å². The fraction of sp³-hybridized carbons (Fsp3) is 0.111. The summed E-state index contributed by atoms with van der Waals surface area (Å²) < 4.78 is 2.25. The lowest BCUT2D eigenvalue weighted by molar-refractivity contribution is 0.591. The van der Waals surface area contributed by atoms with E-state index in [9.17, 15) is 0 Å². The Labute approximate surface area is 285 Å². The Morgan fingerprint density at radius 3 is 2.20 bits per heavy atom. The molecule has 9 rings (SSSR count). The van der Waals surface area contributed by atoms with Crippen molar-refractivity contribution in [3.05, 3.63) is 145 Å². The third-order valence-electron chi connectivity index (χ3n) is 9.95. The van der Waals surface area contributed by atoms with Gasteiger partial charge < -0.3 is 9.55 Å². The van der Waals surface area contributed by atoms with Crippen LogP contribution in [-0.4, -0.2) is 19.5 Å². The van der Waals surface area contributed by atoms with Gasteiger partial charge in [-0.25, -0.2) is 4.98 Å². The van der Waals surface area contributed by atoms with Crippen molar-refractivity contribution in [2.24, 2.45) is 7.05 Å². The Morgan fingerprint density at radius 2 is 1.37 bits per heavy atom. The molecule has 1 N–H and O–H groups in total. The summed E-state index contributed by atoms with van der Waals surface area (Å²) in [5.41, 5.74) is 13.3. The van der Waals surface area contributed by atoms with E-state index in [2.05, 4.69) is 171 Å². The quantitative estimate of drug-likeness (QED) is 0.210. The van der Waals surface area contributed by atoms with Crippen LogP contribution < -0.4 is 0 Å². The number of aryl methyl sites for hydroxylation is 1. The Hall–Kier alpha value is -6.00. The smallest absolute Gasteiger partial charge is 0.143 e. The molecule has 0 aliphatic carbocycles. The summed E-state index contributed by atoms with van der Waals surface area (Å²) in [5.74, 6) is 0.947. The maximum absolute atomic E-state index is 5.49. The Kier molecular flexibility index (Phi) is 6.57. The van der Waals surface area contributed by atoms with Gasteiger partial charge >= 0.3 is 0 Å². The molecule has 0 bridgehead atoms. The molecule has 236 valence electrons. The number of imidazole rings is 1. The Morgan fingerprint density at radius 1 is 0.592 bits per heavy atom. The first-order valence-corrected chi connectivity index (χ1v) is 16.9. The molecule has 9 aromatic rings. The van der Waals surface area contributed by atoms with Crippen molar-refractivity contribution in [3.8, 4) is 44.9 Å². The van der Waals surface area contributed by atoms with E-state index in [0.717, 1.165) is 61.4 Å². The van der Waals surface area contributed by atoms with Gasteiger partial charge in [-0.05, 0) is 87.0 Å². The zero-order chi connectivity index (χ0) is 33.3. The second-order valence-electron chi connectivity index (χ2n) is 14.1. The van der Waals surface area contributed by atoms with Gasteiger partial charge in [-0.1, -0.05) is 106 Å². The number of benzene rings is 6. The lowest BCUT2D eigenvalue weighted by atomic mass is 9.85. The standard InChI is InChI=1S/C45H36N4/c1-45(2,3)32-26-37-34-17-10-11-19-39(34)47-42(37)38(27-32)44-48-43-35(18-12-20-41(43)49(44)4)36-24-31(23-30-15-8-9-16-33(30)36)40-25-29(21-22-46-40)28-13-6-5-7-14-28/h5-27,47H,1-4H3. The molecule has 4 nitrogen and oxygen atoms in total. The maximum Gasteiger partial charge on any atom is 0.143 e. The molecular weight excluding hydrogens is 597 g/mol. The highest BCUT2D eigenvalue weighted by Crippen LogP contribution is 2.41. The summed E-state index contributed by atoms with van der Waals surface area (Å²) in [6, 6.07) is 47.8. The molecule has 0 radical (unpaired) electrons. The number of nitrogens with one attached hydrogen (secondary N) is 1. The second kappa shape index (κ2) is 11.0. The van der Waals surface area contributed by atoms with Crippen molar-refractivity contribution in [1.82, 2.24) is 19.5 Å². The molecule has 4 heteroatoms. The van der Waals surface area contributed by atoms with Crippen molar-refractivity contribution in [1.29, 1.82) is 0 Å². The fourth-order valence-corrected chi connectivity index (χ4v) is 7.31. The van der Waals surface area contributed by atoms with Crippen LogP contribution in [0.1, 0.15) is 26.3 Å². The molecule has 0 amide bonds. The first kappa shape index (κ1) is 29.2. The highest BCUT2D eigenvalue weighted by atomic mass is 15.1. The summed E-state index contributed by atoms with van der Waals surface area (Å²) in [5, 5.41) is 4.83. The van der Waals surface area contributed by atoms with Gasteiger partial charge in [0.2, 0.25) is 0 Å². The predicted molar refractivity (Wildman–Crippen MR) is 206 cm³/mol. The normalized spacial score (nSPS) is 12.1. The first-order chi connectivity index (χ1) is 23.8. The van der Waals surface area contributed by atoms with Crippen LogP contribution >= 0.6 is 0 Å². The van der Waals surface area contributed by atoms with Gasteiger partial charge in [-0.3, -0.25) is 4.98 Å². The average molecular weight is 633 g/mol. The summed E-state index contributed by atoms with van der Waals surface area (Å²) in [6.07, 6.45) is 1.91. The van der Waals surface area contributed by atoms with E-state index in [0.29, 0.717) is 0 Å². The third-order valence-corrected chi connectivity index (χ3v) is 9.95. The number of aromatic amines is 1. The molecule has 0 saturated heterocycles. The largest absolute Gasteiger partial charge is 0.354 e. The van der Waals surface area contributed by atoms with E-state index in [4.69, 9.17) is 9.97 Å². The number of hydrogen-bond donors (Lipinski definition) is 1. The minimum absolute atomic E-state index is 0.0255. The summed E-state index contributed by atoms with van der Waals surface area (Å²) in [6.45, 7) is 6.84. The van der Waals surface area contributed by atoms with Crippen molar-refractivity contribution >= 4 is 43.6 Å². The molecule has 0 aliphatic rings. The first-order valence-electron chi connectivity index (χ1n) is 16.9. The Balaban J connectivity index is 1.27. The molecule has 0 atom stereocenters. The fourth-order valence-electron chi connectivity index (χ4n) is 7.31. The molecule has 0 fully saturated rings. The topological polar surface area (TPSA) is 46.5 Å². The highest BCUT2D eigenvalue weighted by Gasteiger charge is 2.23. The maximum atomic E-state index is 5.49. The van der Waals surface area contributed by atoms with Gasteiger partial charge in [0.1, 0.15) is 5.82 Å². The van der Waals surface area contributed by atoms with Crippen LogP contribution in [0.2, 0.25) is 0 Å². The van der Waals surface area contributed by atoms with Gasteiger partial charge in [-0.15, -0.1) is 0 Å². The van der Waals surface area contributed by atoms with Crippen LogP contribution in [0.15, 0.2) is 140 Å². The summed E-state index contributed by atoms with van der Waals surface area (Å²) >= 11 is 0. The predicted octanol–water partition coefficient (Wildman–Crippen LogP) is 11.7. The van der Waals surface area contributed by atoms with Gasteiger partial charge in [0.05, 0.1) is 22.2 Å². The van der Waals surface area contributed by atoms with Gasteiger partial charge in [0, 0.05) is 46.2 Å². The van der Waals surface area contributed by atoms with E-state index in [-0.39, 0.29) is 5.41 Å². The zero-order valence-electron chi connectivity index (χ0n) is 28.1. The number of aromatic nitrogens is 4. The summed E-state index contributed by atoms with van der Waals surface area (Å²) in [7, 11) is 2.14. The van der Waals surface area contributed by atoms with Gasteiger partial charge in [0.25, 0.3) is 0 Å². The number of rotatable bonds is 4. The molecule has 6 aromatic carbocycles. The molecule has 0 spiro atoms. The number of pyridine rings is 1. The average Bonchev–Trinajstić information content (AvgIpc) is 3.68. The summed E-state index contributed by atoms with van der Waals surface area (Å²) in [4.78, 5) is 14.1. The van der Waals surface area contributed by atoms with Crippen LogP contribution in [0, 0.1) is 0 Å². The van der Waals surface area contributed by atoms with Crippen LogP contribution in [-0.2, 0) is 12.5 Å². The van der Waals surface area contributed by atoms with Crippen LogP contribution in [0.25, 0.3) is 88.5 Å². The molecule has 0 aliphatic heterocycles. The van der Waals surface area contributed by atoms with Gasteiger partial charge in [-0.2, -0.15) is 0 Å². The SMILES string of the molecule is Cn1c(-c2cc(C(C)(C)C)cc3c2[nH]c2ccccc23)nc2c(-c3cc(-c4cc(-c5ccccc5)ccn4)cc4ccccc34)cccc21. The second-order valence-corrected chi connectivity index (χ2v) is 14.1. The zero-order valence-corrected chi connectivity index (χ0v) is 28.1. The van der Waals surface area contributed by atoms with Crippen LogP contribution in [0.3, 0.4) is 0 Å². The van der Waals surface area contributed by atoms with Crippen LogP contribution in [0.5, 0.6) is 0 Å². The monoisotopic (exact) mass is 632 g/mol. The number of fused-ring (bicyclic) bond motifs is 5. The van der Waals surface area contributed by atoms with E-state index >= 15 is 0 Å². The number of para-hydroxylation sites is 2. The van der Waals surface area contributed by atoms with E-state index in [1.165, 1.54) is 32.7 Å². The molecule has 0 unspecified atom stereocenters. The van der Waals surface area contributed by atoms with Crippen molar-refractivity contribution in [2.75, 3.05) is 0 Å². The molecule has 3 aromatic heterocycles. The van der Waals surface area contributed by atoms with E-state index < -0.39 is 0 Å². The number of nitrogens with zero attached hydrogens (tertiary/aromatic N) is 3. The minimum atomic E-state index is -0.0255. The highest BCUT2D eigenvalue weighted by molar-refractivity contribution is 6.13. The van der Waals surface area contributed by atoms with Crippen LogP contribution in [0.4, 0.5) is 0 Å².